The number of allylic oxidation sites excluding steroid dienone is 1. The first-order valence-corrected chi connectivity index (χ1v) is 9.17. The number of thiophene rings is 1. The Hall–Kier alpha value is -1.26. The molecule has 0 unspecified atom stereocenters. The monoisotopic (exact) mass is 312 g/mol. The van der Waals surface area contributed by atoms with Gasteiger partial charge in [-0.2, -0.15) is 0 Å². The predicted molar refractivity (Wildman–Crippen MR) is 92.8 cm³/mol. The van der Waals surface area contributed by atoms with Gasteiger partial charge in [-0.25, -0.2) is 0 Å². The third kappa shape index (κ3) is 1.89. The number of rotatable bonds is 2. The number of thioether (sulfide) groups is 1. The molecule has 0 N–H and O–H groups in total. The van der Waals surface area contributed by atoms with E-state index in [0.29, 0.717) is 0 Å². The van der Waals surface area contributed by atoms with Gasteiger partial charge in [0.15, 0.2) is 5.17 Å². The Morgan fingerprint density at radius 2 is 2.14 bits per heavy atom. The number of amidine groups is 1. The van der Waals surface area contributed by atoms with Gasteiger partial charge < -0.3 is 4.90 Å². The molecule has 0 saturated heterocycles. The van der Waals surface area contributed by atoms with Crippen LogP contribution >= 0.6 is 23.1 Å². The fourth-order valence-corrected chi connectivity index (χ4v) is 5.79. The number of hydrogen-bond acceptors (Lipinski definition) is 4. The van der Waals surface area contributed by atoms with Crippen LogP contribution in [-0.2, 0) is 0 Å². The molecule has 21 heavy (non-hydrogen) atoms. The Labute approximate surface area is 132 Å². The van der Waals surface area contributed by atoms with Gasteiger partial charge in [0.05, 0.1) is 17.1 Å². The summed E-state index contributed by atoms with van der Waals surface area (Å²) >= 11 is 3.87. The van der Waals surface area contributed by atoms with Crippen molar-refractivity contribution in [1.29, 1.82) is 0 Å². The van der Waals surface area contributed by atoms with Crippen molar-refractivity contribution >= 4 is 44.0 Å². The lowest BCUT2D eigenvalue weighted by atomic mass is 10.1. The van der Waals surface area contributed by atoms with Gasteiger partial charge in [-0.05, 0) is 48.8 Å². The number of hydrogen-bond donors (Lipinski definition) is 0. The maximum atomic E-state index is 4.67. The number of nitrogens with zero attached hydrogens (tertiary/aromatic N) is 2. The van der Waals surface area contributed by atoms with E-state index in [0.717, 1.165) is 19.0 Å². The smallest absolute Gasteiger partial charge is 0.168 e. The normalized spacial score (nSPS) is 21.4. The topological polar surface area (TPSA) is 15.6 Å². The number of aliphatic imine (C=N–C) groups is 1. The number of aryl methyl sites for hydroxylation is 1. The first kappa shape index (κ1) is 12.3. The van der Waals surface area contributed by atoms with Crippen molar-refractivity contribution in [3.63, 3.8) is 0 Å². The van der Waals surface area contributed by atoms with Crippen molar-refractivity contribution < 1.29 is 0 Å². The quantitative estimate of drug-likeness (QED) is 0.798. The van der Waals surface area contributed by atoms with Gasteiger partial charge in [0, 0.05) is 16.1 Å². The summed E-state index contributed by atoms with van der Waals surface area (Å²) in [6.07, 6.45) is 2.72. The largest absolute Gasteiger partial charge is 0.317 e. The van der Waals surface area contributed by atoms with Crippen LogP contribution in [0.15, 0.2) is 34.2 Å². The van der Waals surface area contributed by atoms with Crippen LogP contribution in [0.25, 0.3) is 15.8 Å². The molecule has 0 spiro atoms. The average Bonchev–Trinajstić information content (AvgIpc) is 2.93. The molecule has 3 heterocycles. The summed E-state index contributed by atoms with van der Waals surface area (Å²) in [6, 6.07) is 9.14. The minimum absolute atomic E-state index is 0.797. The van der Waals surface area contributed by atoms with Crippen LogP contribution in [0.4, 0.5) is 0 Å². The van der Waals surface area contributed by atoms with Gasteiger partial charge in [-0.3, -0.25) is 4.99 Å². The molecule has 1 aromatic heterocycles. The summed E-state index contributed by atoms with van der Waals surface area (Å²) in [7, 11) is 0. The Bertz CT molecular complexity index is 811. The summed E-state index contributed by atoms with van der Waals surface area (Å²) in [5, 5.41) is 2.61. The first-order chi connectivity index (χ1) is 10.3. The van der Waals surface area contributed by atoms with E-state index in [-0.39, 0.29) is 0 Å². The average molecular weight is 312 g/mol. The van der Waals surface area contributed by atoms with Crippen LogP contribution in [0, 0.1) is 12.8 Å². The molecule has 0 bridgehead atoms. The van der Waals surface area contributed by atoms with E-state index in [1.54, 1.807) is 4.91 Å². The van der Waals surface area contributed by atoms with Gasteiger partial charge in [-0.1, -0.05) is 23.9 Å². The van der Waals surface area contributed by atoms with Gasteiger partial charge in [-0.15, -0.1) is 11.3 Å². The fraction of sp³-hybridized carbons (Fsp3) is 0.353. The van der Waals surface area contributed by atoms with Gasteiger partial charge in [0.1, 0.15) is 0 Å². The lowest BCUT2D eigenvalue weighted by Crippen LogP contribution is -2.19. The molecular formula is C17H16N2S2. The third-order valence-electron chi connectivity index (χ3n) is 4.36. The van der Waals surface area contributed by atoms with E-state index in [4.69, 9.17) is 0 Å². The minimum Gasteiger partial charge on any atom is -0.317 e. The van der Waals surface area contributed by atoms with E-state index in [1.807, 2.05) is 23.1 Å². The highest BCUT2D eigenvalue weighted by Crippen LogP contribution is 2.53. The van der Waals surface area contributed by atoms with Crippen LogP contribution in [0.2, 0.25) is 0 Å². The molecule has 0 amide bonds. The van der Waals surface area contributed by atoms with E-state index >= 15 is 0 Å². The van der Waals surface area contributed by atoms with Gasteiger partial charge in [0.2, 0.25) is 0 Å². The van der Waals surface area contributed by atoms with Crippen molar-refractivity contribution in [2.75, 3.05) is 13.1 Å². The molecule has 4 heteroatoms. The summed E-state index contributed by atoms with van der Waals surface area (Å²) in [4.78, 5) is 10.1. The van der Waals surface area contributed by atoms with Crippen molar-refractivity contribution in [2.24, 2.45) is 10.9 Å². The second kappa shape index (κ2) is 4.37. The molecule has 0 radical (unpaired) electrons. The van der Waals surface area contributed by atoms with Crippen molar-refractivity contribution in [2.45, 2.75) is 19.8 Å². The van der Waals surface area contributed by atoms with E-state index in [1.165, 1.54) is 44.2 Å². The number of benzene rings is 1. The molecule has 1 fully saturated rings. The van der Waals surface area contributed by atoms with E-state index < -0.39 is 0 Å². The molecule has 1 aromatic carbocycles. The highest BCUT2D eigenvalue weighted by atomic mass is 32.2. The summed E-state index contributed by atoms with van der Waals surface area (Å²) in [5.41, 5.74) is 2.81. The van der Waals surface area contributed by atoms with Crippen LogP contribution in [0.5, 0.6) is 0 Å². The van der Waals surface area contributed by atoms with Gasteiger partial charge >= 0.3 is 0 Å². The van der Waals surface area contributed by atoms with Crippen LogP contribution < -0.4 is 0 Å². The Kier molecular flexibility index (Phi) is 2.56. The Morgan fingerprint density at radius 3 is 3.00 bits per heavy atom. The van der Waals surface area contributed by atoms with Crippen molar-refractivity contribution in [3.05, 3.63) is 39.6 Å². The summed E-state index contributed by atoms with van der Waals surface area (Å²) in [6.45, 7) is 4.18. The van der Waals surface area contributed by atoms with Crippen molar-refractivity contribution in [3.8, 4) is 0 Å². The summed E-state index contributed by atoms with van der Waals surface area (Å²) in [5.74, 6) is 0.797. The lowest BCUT2D eigenvalue weighted by Gasteiger charge is -2.15. The Balaban J connectivity index is 1.68. The molecule has 3 aliphatic rings. The number of fused-ring (bicyclic) bond motifs is 2. The molecule has 106 valence electrons. The summed E-state index contributed by atoms with van der Waals surface area (Å²) < 4.78 is 1.40. The van der Waals surface area contributed by atoms with Crippen LogP contribution in [0.3, 0.4) is 0 Å². The third-order valence-corrected chi connectivity index (χ3v) is 6.75. The standard InChI is InChI=1S/C17H16N2S2/c1-10-2-3-12-9-14(20-13(12)8-10)15-16(11-4-5-11)21-17-18-6-7-19(15)17/h2-3,8-9,11H,4-7H2,1H3. The lowest BCUT2D eigenvalue weighted by molar-refractivity contribution is 0.647. The molecular weight excluding hydrogens is 296 g/mol. The maximum absolute atomic E-state index is 4.67. The minimum atomic E-state index is 0.797. The van der Waals surface area contributed by atoms with E-state index in [9.17, 15) is 0 Å². The zero-order valence-electron chi connectivity index (χ0n) is 11.9. The molecule has 2 aliphatic heterocycles. The molecule has 2 aromatic rings. The zero-order chi connectivity index (χ0) is 14.0. The predicted octanol–water partition coefficient (Wildman–Crippen LogP) is 4.71. The molecule has 5 rings (SSSR count). The van der Waals surface area contributed by atoms with Gasteiger partial charge in [0.25, 0.3) is 0 Å². The first-order valence-electron chi connectivity index (χ1n) is 7.54. The van der Waals surface area contributed by atoms with Crippen LogP contribution in [-0.4, -0.2) is 23.2 Å². The van der Waals surface area contributed by atoms with E-state index in [2.05, 4.69) is 41.1 Å². The van der Waals surface area contributed by atoms with Crippen LogP contribution in [0.1, 0.15) is 23.3 Å². The molecule has 1 saturated carbocycles. The Morgan fingerprint density at radius 1 is 1.24 bits per heavy atom. The molecule has 1 aliphatic carbocycles. The zero-order valence-corrected chi connectivity index (χ0v) is 13.6. The van der Waals surface area contributed by atoms with Crippen molar-refractivity contribution in [1.82, 2.24) is 4.90 Å². The second-order valence-electron chi connectivity index (χ2n) is 6.06. The fourth-order valence-electron chi connectivity index (χ4n) is 3.13. The highest BCUT2D eigenvalue weighted by Gasteiger charge is 2.40. The SMILES string of the molecule is Cc1ccc2cc(C3=C(C4CC4)SC4=NCCN43)sc2c1. The maximum Gasteiger partial charge on any atom is 0.168 e. The molecule has 0 atom stereocenters. The molecule has 2 nitrogen and oxygen atoms in total. The highest BCUT2D eigenvalue weighted by molar-refractivity contribution is 8.17. The second-order valence-corrected chi connectivity index (χ2v) is 8.15.